The number of hydrogen-bond donors (Lipinski definition) is 0. The van der Waals surface area contributed by atoms with Crippen LogP contribution in [0.5, 0.6) is 5.75 Å². The summed E-state index contributed by atoms with van der Waals surface area (Å²) < 4.78 is 63.8. The summed E-state index contributed by atoms with van der Waals surface area (Å²) in [7, 11) is 0. The molecule has 5 aromatic rings. The van der Waals surface area contributed by atoms with Gasteiger partial charge in [0.1, 0.15) is 35.8 Å². The van der Waals surface area contributed by atoms with Crippen molar-refractivity contribution < 1.29 is 41.4 Å². The SMILES string of the molecule is [N-]=[N+]=NC1COc2cc(-c3noc(-c4onc(-c5ccccc5)c4C(F)(F)F)n3)ccc2C1OC(=O)c1ccc([N+](=O)[O-])cc1. The molecule has 0 radical (unpaired) electrons. The smallest absolute Gasteiger partial charge is 0.422 e. The Hall–Kier alpha value is -6.22. The topological polar surface area (TPSA) is 192 Å². The quantitative estimate of drug-likeness (QED) is 0.0459. The molecule has 45 heavy (non-hydrogen) atoms. The summed E-state index contributed by atoms with van der Waals surface area (Å²) in [4.78, 5) is 30.1. The lowest BCUT2D eigenvalue weighted by Gasteiger charge is -2.30. The molecule has 2 atom stereocenters. The molecule has 0 saturated carbocycles. The highest BCUT2D eigenvalue weighted by molar-refractivity contribution is 5.90. The minimum atomic E-state index is -4.86. The van der Waals surface area contributed by atoms with Crippen LogP contribution in [0.2, 0.25) is 0 Å². The van der Waals surface area contributed by atoms with Gasteiger partial charge < -0.3 is 18.5 Å². The van der Waals surface area contributed by atoms with E-state index in [9.17, 15) is 28.1 Å². The van der Waals surface area contributed by atoms with Gasteiger partial charge in [0.15, 0.2) is 0 Å². The fourth-order valence-electron chi connectivity index (χ4n) is 4.63. The van der Waals surface area contributed by atoms with Crippen LogP contribution in [-0.4, -0.2) is 38.8 Å². The van der Waals surface area contributed by atoms with Crippen molar-refractivity contribution in [2.24, 2.45) is 5.11 Å². The molecule has 2 aromatic heterocycles. The van der Waals surface area contributed by atoms with Gasteiger partial charge in [-0.1, -0.05) is 57.9 Å². The summed E-state index contributed by atoms with van der Waals surface area (Å²) in [5, 5.41) is 22.0. The average Bonchev–Trinajstić information content (AvgIpc) is 3.71. The van der Waals surface area contributed by atoms with E-state index in [-0.39, 0.29) is 40.6 Å². The number of halogens is 3. The Kier molecular flexibility index (Phi) is 7.35. The molecular formula is C28H16F3N7O7. The number of non-ortho nitro benzene ring substituents is 1. The van der Waals surface area contributed by atoms with Gasteiger partial charge in [-0.3, -0.25) is 10.1 Å². The first-order chi connectivity index (χ1) is 21.6. The number of azide groups is 1. The zero-order chi connectivity index (χ0) is 31.7. The molecule has 0 bridgehead atoms. The zero-order valence-corrected chi connectivity index (χ0v) is 22.4. The van der Waals surface area contributed by atoms with E-state index < -0.39 is 52.1 Å². The number of benzene rings is 3. The third kappa shape index (κ3) is 5.62. The first-order valence-electron chi connectivity index (χ1n) is 12.9. The van der Waals surface area contributed by atoms with E-state index in [1.54, 1.807) is 18.2 Å². The monoisotopic (exact) mass is 619 g/mol. The molecule has 0 fully saturated rings. The third-order valence-corrected chi connectivity index (χ3v) is 6.73. The number of rotatable bonds is 7. The maximum atomic E-state index is 14.1. The normalized spacial score (nSPS) is 15.8. The van der Waals surface area contributed by atoms with Crippen molar-refractivity contribution in [3.8, 4) is 40.0 Å². The van der Waals surface area contributed by atoms with Crippen molar-refractivity contribution in [3.05, 3.63) is 110 Å². The highest BCUT2D eigenvalue weighted by atomic mass is 19.4. The summed E-state index contributed by atoms with van der Waals surface area (Å²) in [5.41, 5.74) is 7.96. The molecule has 226 valence electrons. The first kappa shape index (κ1) is 28.9. The molecule has 14 nitrogen and oxygen atoms in total. The Balaban J connectivity index is 1.30. The van der Waals surface area contributed by atoms with Gasteiger partial charge in [0, 0.05) is 33.7 Å². The number of nitro benzene ring substituents is 1. The van der Waals surface area contributed by atoms with Gasteiger partial charge in [0.2, 0.25) is 11.6 Å². The van der Waals surface area contributed by atoms with E-state index in [0.717, 1.165) is 12.1 Å². The minimum absolute atomic E-state index is 0.0188. The standard InChI is InChI=1S/C28H16F3N7O7/c29-28(30,31)21-22(14-4-2-1-3-5-14)35-44-24(21)26-33-25(36-45-26)16-8-11-18-20(12-16)42-13-19(34-37-32)23(18)43-27(39)15-6-9-17(10-7-15)38(40)41/h1-12,19,23H,13H2. The fourth-order valence-corrected chi connectivity index (χ4v) is 4.63. The van der Waals surface area contributed by atoms with Crippen molar-refractivity contribution in [1.82, 2.24) is 15.3 Å². The Bertz CT molecular complexity index is 1950. The van der Waals surface area contributed by atoms with Gasteiger partial charge in [-0.05, 0) is 23.7 Å². The maximum absolute atomic E-state index is 14.1. The Labute approximate surface area is 248 Å². The van der Waals surface area contributed by atoms with Crippen LogP contribution < -0.4 is 4.74 Å². The Morgan fingerprint density at radius 2 is 1.80 bits per heavy atom. The molecule has 0 aliphatic carbocycles. The molecule has 1 aliphatic rings. The number of hydrogen-bond acceptors (Lipinski definition) is 11. The zero-order valence-electron chi connectivity index (χ0n) is 22.4. The lowest BCUT2D eigenvalue weighted by atomic mass is 9.97. The van der Waals surface area contributed by atoms with Gasteiger partial charge in [-0.2, -0.15) is 18.2 Å². The summed E-state index contributed by atoms with van der Waals surface area (Å²) in [5.74, 6) is -2.09. The van der Waals surface area contributed by atoms with Crippen molar-refractivity contribution in [2.75, 3.05) is 6.61 Å². The second-order valence-corrected chi connectivity index (χ2v) is 9.49. The van der Waals surface area contributed by atoms with Crippen LogP contribution in [0.15, 0.2) is 87.0 Å². The number of fused-ring (bicyclic) bond motifs is 1. The fraction of sp³-hybridized carbons (Fsp3) is 0.143. The number of nitro groups is 1. The van der Waals surface area contributed by atoms with Crippen LogP contribution in [0.25, 0.3) is 44.7 Å². The highest BCUT2D eigenvalue weighted by Crippen LogP contribution is 2.44. The maximum Gasteiger partial charge on any atom is 0.422 e. The van der Waals surface area contributed by atoms with Gasteiger partial charge in [0.05, 0.1) is 10.5 Å². The van der Waals surface area contributed by atoms with E-state index in [4.69, 9.17) is 24.1 Å². The highest BCUT2D eigenvalue weighted by Gasteiger charge is 2.43. The van der Waals surface area contributed by atoms with Gasteiger partial charge in [0.25, 0.3) is 11.6 Å². The van der Waals surface area contributed by atoms with E-state index >= 15 is 0 Å². The number of aromatic nitrogens is 3. The Morgan fingerprint density at radius 1 is 1.04 bits per heavy atom. The van der Waals surface area contributed by atoms with Crippen LogP contribution in [0, 0.1) is 10.1 Å². The Morgan fingerprint density at radius 3 is 2.49 bits per heavy atom. The lowest BCUT2D eigenvalue weighted by molar-refractivity contribution is -0.384. The predicted molar refractivity (Wildman–Crippen MR) is 145 cm³/mol. The van der Waals surface area contributed by atoms with Crippen molar-refractivity contribution in [3.63, 3.8) is 0 Å². The van der Waals surface area contributed by atoms with Gasteiger partial charge >= 0.3 is 12.1 Å². The molecule has 0 N–H and O–H groups in total. The van der Waals surface area contributed by atoms with Crippen LogP contribution in [-0.2, 0) is 10.9 Å². The van der Waals surface area contributed by atoms with Gasteiger partial charge in [-0.15, -0.1) is 0 Å². The van der Waals surface area contributed by atoms with E-state index in [2.05, 4.69) is 25.3 Å². The van der Waals surface area contributed by atoms with Crippen LogP contribution in [0.4, 0.5) is 18.9 Å². The largest absolute Gasteiger partial charge is 0.493 e. The number of esters is 1. The lowest BCUT2D eigenvalue weighted by Crippen LogP contribution is -2.32. The second-order valence-electron chi connectivity index (χ2n) is 9.49. The van der Waals surface area contributed by atoms with Crippen molar-refractivity contribution in [2.45, 2.75) is 18.3 Å². The molecule has 17 heteroatoms. The molecular weight excluding hydrogens is 603 g/mol. The van der Waals surface area contributed by atoms with Crippen molar-refractivity contribution >= 4 is 11.7 Å². The number of ether oxygens (including phenoxy) is 2. The summed E-state index contributed by atoms with van der Waals surface area (Å²) in [6.45, 7) is -0.189. The van der Waals surface area contributed by atoms with Crippen LogP contribution in [0.3, 0.4) is 0 Å². The number of carbonyl (C=O) groups is 1. The van der Waals surface area contributed by atoms with Gasteiger partial charge in [-0.25, -0.2) is 4.79 Å². The average molecular weight is 619 g/mol. The molecule has 1 aliphatic heterocycles. The molecule has 3 aromatic carbocycles. The molecule has 0 amide bonds. The predicted octanol–water partition coefficient (Wildman–Crippen LogP) is 6.96. The first-order valence-corrected chi connectivity index (χ1v) is 12.9. The molecule has 0 saturated heterocycles. The van der Waals surface area contributed by atoms with Crippen LogP contribution >= 0.6 is 0 Å². The molecule has 6 rings (SSSR count). The van der Waals surface area contributed by atoms with E-state index in [0.29, 0.717) is 5.56 Å². The number of nitrogens with zero attached hydrogens (tertiary/aromatic N) is 7. The third-order valence-electron chi connectivity index (χ3n) is 6.73. The second kappa shape index (κ2) is 11.5. The molecule has 0 spiro atoms. The molecule has 3 heterocycles. The molecule has 2 unspecified atom stereocenters. The van der Waals surface area contributed by atoms with E-state index in [1.807, 2.05) is 0 Å². The van der Waals surface area contributed by atoms with E-state index in [1.165, 1.54) is 42.5 Å². The number of alkyl halides is 3. The van der Waals surface area contributed by atoms with Crippen LogP contribution in [0.1, 0.15) is 27.6 Å². The summed E-state index contributed by atoms with van der Waals surface area (Å²) >= 11 is 0. The summed E-state index contributed by atoms with van der Waals surface area (Å²) in [6.07, 6.45) is -5.97. The van der Waals surface area contributed by atoms with Crippen molar-refractivity contribution in [1.29, 1.82) is 0 Å². The number of carbonyl (C=O) groups excluding carboxylic acids is 1. The summed E-state index contributed by atoms with van der Waals surface area (Å²) in [6, 6.07) is 15.8. The minimum Gasteiger partial charge on any atom is -0.493 e.